The van der Waals surface area contributed by atoms with Crippen LogP contribution >= 0.6 is 0 Å². The Hall–Kier alpha value is -1.10. The first-order valence-corrected chi connectivity index (χ1v) is 6.53. The number of hydrogen-bond donors (Lipinski definition) is 3. The molecule has 98 valence electrons. The van der Waals surface area contributed by atoms with Crippen molar-refractivity contribution in [2.45, 2.75) is 51.0 Å². The zero-order valence-corrected chi connectivity index (χ0v) is 10.3. The van der Waals surface area contributed by atoms with E-state index < -0.39 is 11.8 Å². The Kier molecular flexibility index (Phi) is 6.62. The Morgan fingerprint density at radius 2 is 1.59 bits per heavy atom. The molecule has 0 unspecified atom stereocenters. The van der Waals surface area contributed by atoms with Crippen LogP contribution in [0.2, 0.25) is 0 Å². The van der Waals surface area contributed by atoms with Crippen molar-refractivity contribution in [2.75, 3.05) is 13.1 Å². The van der Waals surface area contributed by atoms with Crippen LogP contribution in [0.3, 0.4) is 0 Å². The van der Waals surface area contributed by atoms with Crippen molar-refractivity contribution in [1.29, 1.82) is 0 Å². The molecule has 2 amide bonds. The van der Waals surface area contributed by atoms with Gasteiger partial charge in [-0.25, -0.2) is 0 Å². The zero-order chi connectivity index (χ0) is 12.5. The Morgan fingerprint density at radius 1 is 1.00 bits per heavy atom. The minimum Gasteiger partial charge on any atom is -0.347 e. The summed E-state index contributed by atoms with van der Waals surface area (Å²) in [6.45, 7) is 0.694. The molecule has 17 heavy (non-hydrogen) atoms. The first-order valence-electron chi connectivity index (χ1n) is 6.53. The van der Waals surface area contributed by atoms with E-state index in [1.54, 1.807) is 0 Å². The second kappa shape index (κ2) is 8.06. The van der Waals surface area contributed by atoms with E-state index in [0.717, 1.165) is 25.7 Å². The highest BCUT2D eigenvalue weighted by Crippen LogP contribution is 2.16. The molecular formula is C12H23N3O2. The molecule has 1 aliphatic carbocycles. The number of carbonyl (C=O) groups excluding carboxylic acids is 2. The summed E-state index contributed by atoms with van der Waals surface area (Å²) in [6.07, 6.45) is 7.98. The Morgan fingerprint density at radius 3 is 2.18 bits per heavy atom. The van der Waals surface area contributed by atoms with E-state index in [0.29, 0.717) is 13.1 Å². The molecule has 0 aromatic carbocycles. The van der Waals surface area contributed by atoms with E-state index in [1.807, 2.05) is 0 Å². The molecule has 1 rings (SSSR count). The van der Waals surface area contributed by atoms with Crippen LogP contribution in [-0.4, -0.2) is 30.9 Å². The van der Waals surface area contributed by atoms with E-state index in [1.165, 1.54) is 19.3 Å². The number of carbonyl (C=O) groups is 2. The normalized spacial score (nSPS) is 17.9. The molecule has 0 atom stereocenters. The van der Waals surface area contributed by atoms with Crippen molar-refractivity contribution in [3.05, 3.63) is 0 Å². The van der Waals surface area contributed by atoms with Crippen molar-refractivity contribution in [3.63, 3.8) is 0 Å². The highest BCUT2D eigenvalue weighted by atomic mass is 16.2. The monoisotopic (exact) mass is 241 g/mol. The number of nitrogens with one attached hydrogen (secondary N) is 2. The Labute approximate surface area is 103 Å². The number of rotatable bonds is 3. The first kappa shape index (κ1) is 14.0. The van der Waals surface area contributed by atoms with Gasteiger partial charge in [0, 0.05) is 19.1 Å². The van der Waals surface area contributed by atoms with Gasteiger partial charge < -0.3 is 16.4 Å². The molecule has 0 saturated heterocycles. The van der Waals surface area contributed by atoms with Gasteiger partial charge in [-0.2, -0.15) is 0 Å². The maximum Gasteiger partial charge on any atom is 0.309 e. The molecule has 0 aromatic heterocycles. The van der Waals surface area contributed by atoms with E-state index >= 15 is 0 Å². The summed E-state index contributed by atoms with van der Waals surface area (Å²) in [5.74, 6) is -1.10. The van der Waals surface area contributed by atoms with E-state index in [-0.39, 0.29) is 6.04 Å². The lowest BCUT2D eigenvalue weighted by molar-refractivity contribution is -0.139. The summed E-state index contributed by atoms with van der Waals surface area (Å²) in [7, 11) is 0. The van der Waals surface area contributed by atoms with Gasteiger partial charge in [0.1, 0.15) is 0 Å². The molecule has 5 heteroatoms. The van der Waals surface area contributed by atoms with Gasteiger partial charge in [0.05, 0.1) is 0 Å². The topological polar surface area (TPSA) is 84.2 Å². The van der Waals surface area contributed by atoms with Gasteiger partial charge in [0.2, 0.25) is 0 Å². The van der Waals surface area contributed by atoms with E-state index in [9.17, 15) is 9.59 Å². The summed E-state index contributed by atoms with van der Waals surface area (Å²) in [6, 6.07) is 0.159. The molecule has 0 bridgehead atoms. The number of nitrogens with two attached hydrogens (primary N) is 1. The van der Waals surface area contributed by atoms with Crippen molar-refractivity contribution >= 4 is 11.8 Å². The molecule has 0 aliphatic heterocycles. The summed E-state index contributed by atoms with van der Waals surface area (Å²) < 4.78 is 0. The third-order valence-corrected chi connectivity index (χ3v) is 3.08. The molecule has 0 heterocycles. The standard InChI is InChI=1S/C12H23N3O2/c13-8-9-14-11(16)12(17)15-10-6-4-2-1-3-5-7-10/h10H,1-9,13H2,(H,14,16)(H,15,17). The molecule has 1 fully saturated rings. The third kappa shape index (κ3) is 5.68. The molecule has 1 saturated carbocycles. The van der Waals surface area contributed by atoms with Gasteiger partial charge in [0.25, 0.3) is 0 Å². The van der Waals surface area contributed by atoms with Gasteiger partial charge in [-0.05, 0) is 12.8 Å². The Balaban J connectivity index is 2.29. The maximum atomic E-state index is 11.6. The summed E-state index contributed by atoms with van der Waals surface area (Å²) >= 11 is 0. The molecule has 4 N–H and O–H groups in total. The highest BCUT2D eigenvalue weighted by molar-refractivity contribution is 6.35. The van der Waals surface area contributed by atoms with Gasteiger partial charge in [0.15, 0.2) is 0 Å². The average Bonchev–Trinajstić information content (AvgIpc) is 2.29. The van der Waals surface area contributed by atoms with Crippen molar-refractivity contribution in [1.82, 2.24) is 10.6 Å². The second-order valence-electron chi connectivity index (χ2n) is 4.56. The van der Waals surface area contributed by atoms with Crippen LogP contribution in [0.15, 0.2) is 0 Å². The van der Waals surface area contributed by atoms with Crippen LogP contribution in [0.1, 0.15) is 44.9 Å². The average molecular weight is 241 g/mol. The lowest BCUT2D eigenvalue weighted by Crippen LogP contribution is -2.45. The van der Waals surface area contributed by atoms with Crippen molar-refractivity contribution in [2.24, 2.45) is 5.73 Å². The molecular weight excluding hydrogens is 218 g/mol. The van der Waals surface area contributed by atoms with E-state index in [2.05, 4.69) is 10.6 Å². The van der Waals surface area contributed by atoms with Crippen LogP contribution in [0, 0.1) is 0 Å². The van der Waals surface area contributed by atoms with Crippen LogP contribution in [0.5, 0.6) is 0 Å². The third-order valence-electron chi connectivity index (χ3n) is 3.08. The molecule has 0 spiro atoms. The fourth-order valence-corrected chi connectivity index (χ4v) is 2.12. The van der Waals surface area contributed by atoms with E-state index in [4.69, 9.17) is 5.73 Å². The lowest BCUT2D eigenvalue weighted by Gasteiger charge is -2.20. The van der Waals surface area contributed by atoms with Crippen molar-refractivity contribution in [3.8, 4) is 0 Å². The molecule has 0 radical (unpaired) electrons. The van der Waals surface area contributed by atoms with Crippen LogP contribution in [0.4, 0.5) is 0 Å². The predicted octanol–water partition coefficient (Wildman–Crippen LogP) is 0.290. The second-order valence-corrected chi connectivity index (χ2v) is 4.56. The van der Waals surface area contributed by atoms with Crippen LogP contribution < -0.4 is 16.4 Å². The van der Waals surface area contributed by atoms with Gasteiger partial charge in [-0.3, -0.25) is 9.59 Å². The van der Waals surface area contributed by atoms with Gasteiger partial charge in [-0.1, -0.05) is 32.1 Å². The lowest BCUT2D eigenvalue weighted by atomic mass is 9.97. The van der Waals surface area contributed by atoms with Gasteiger partial charge >= 0.3 is 11.8 Å². The predicted molar refractivity (Wildman–Crippen MR) is 66.3 cm³/mol. The zero-order valence-electron chi connectivity index (χ0n) is 10.3. The highest BCUT2D eigenvalue weighted by Gasteiger charge is 2.18. The molecule has 0 aromatic rings. The number of hydrogen-bond acceptors (Lipinski definition) is 3. The quantitative estimate of drug-likeness (QED) is 0.621. The molecule has 5 nitrogen and oxygen atoms in total. The van der Waals surface area contributed by atoms with Gasteiger partial charge in [-0.15, -0.1) is 0 Å². The van der Waals surface area contributed by atoms with Crippen LogP contribution in [0.25, 0.3) is 0 Å². The Bertz CT molecular complexity index is 248. The summed E-state index contributed by atoms with van der Waals surface area (Å²) in [5, 5.41) is 5.28. The summed E-state index contributed by atoms with van der Waals surface area (Å²) in [4.78, 5) is 22.9. The van der Waals surface area contributed by atoms with Crippen molar-refractivity contribution < 1.29 is 9.59 Å². The first-order chi connectivity index (χ1) is 8.24. The minimum atomic E-state index is -0.572. The summed E-state index contributed by atoms with van der Waals surface area (Å²) in [5.41, 5.74) is 5.25. The SMILES string of the molecule is NCCNC(=O)C(=O)NC1CCCCCCC1. The number of amides is 2. The fourth-order valence-electron chi connectivity index (χ4n) is 2.12. The smallest absolute Gasteiger partial charge is 0.309 e. The van der Waals surface area contributed by atoms with Crippen LogP contribution in [-0.2, 0) is 9.59 Å². The maximum absolute atomic E-state index is 11.6. The largest absolute Gasteiger partial charge is 0.347 e. The minimum absolute atomic E-state index is 0.159. The molecule has 1 aliphatic rings. The fraction of sp³-hybridized carbons (Fsp3) is 0.833.